The zero-order valence-electron chi connectivity index (χ0n) is 17.4. The van der Waals surface area contributed by atoms with Crippen LogP contribution in [0, 0.1) is 0 Å². The summed E-state index contributed by atoms with van der Waals surface area (Å²) in [5, 5.41) is 3.35. The van der Waals surface area contributed by atoms with Crippen LogP contribution < -0.4 is 20.2 Å². The maximum Gasteiger partial charge on any atom is 0.344 e. The Morgan fingerprint density at radius 2 is 1.74 bits per heavy atom. The van der Waals surface area contributed by atoms with Gasteiger partial charge in [-0.25, -0.2) is 9.59 Å². The summed E-state index contributed by atoms with van der Waals surface area (Å²) in [6.07, 6.45) is 6.37. The molecule has 4 amide bonds. The monoisotopic (exact) mass is 431 g/mol. The first-order chi connectivity index (χ1) is 14.9. The second kappa shape index (κ2) is 9.50. The zero-order chi connectivity index (χ0) is 22.4. The van der Waals surface area contributed by atoms with Crippen LogP contribution in [0.2, 0.25) is 0 Å². The molecule has 1 aliphatic carbocycles. The molecular formula is C21H25N3O7. The van der Waals surface area contributed by atoms with E-state index in [1.807, 2.05) is 0 Å². The Bertz CT molecular complexity index is 884. The fourth-order valence-electron chi connectivity index (χ4n) is 3.65. The van der Waals surface area contributed by atoms with Crippen molar-refractivity contribution < 1.29 is 33.4 Å². The van der Waals surface area contributed by atoms with Crippen molar-refractivity contribution in [1.29, 1.82) is 0 Å². The first-order valence-corrected chi connectivity index (χ1v) is 9.91. The van der Waals surface area contributed by atoms with Crippen LogP contribution in [0.5, 0.6) is 11.5 Å². The quantitative estimate of drug-likeness (QED) is 0.381. The molecule has 31 heavy (non-hydrogen) atoms. The molecule has 0 unspecified atom stereocenters. The van der Waals surface area contributed by atoms with Crippen LogP contribution in [0.3, 0.4) is 0 Å². The molecule has 2 N–H and O–H groups in total. The molecule has 1 aromatic carbocycles. The molecule has 10 nitrogen and oxygen atoms in total. The number of benzene rings is 1. The van der Waals surface area contributed by atoms with E-state index >= 15 is 0 Å². The van der Waals surface area contributed by atoms with Crippen LogP contribution in [0.15, 0.2) is 24.3 Å². The summed E-state index contributed by atoms with van der Waals surface area (Å²) >= 11 is 0. The van der Waals surface area contributed by atoms with Gasteiger partial charge in [0.05, 0.1) is 14.2 Å². The third-order valence-electron chi connectivity index (χ3n) is 5.24. The van der Waals surface area contributed by atoms with Crippen molar-refractivity contribution in [2.75, 3.05) is 20.8 Å². The lowest BCUT2D eigenvalue weighted by atomic mass is 9.82. The number of hydrogen-bond donors (Lipinski definition) is 2. The minimum Gasteiger partial charge on any atom is -0.497 e. The van der Waals surface area contributed by atoms with Crippen LogP contribution >= 0.6 is 0 Å². The van der Waals surface area contributed by atoms with E-state index in [4.69, 9.17) is 14.2 Å². The molecule has 1 saturated carbocycles. The van der Waals surface area contributed by atoms with Gasteiger partial charge in [-0.15, -0.1) is 0 Å². The summed E-state index contributed by atoms with van der Waals surface area (Å²) in [6.45, 7) is -0.644. The number of nitrogens with one attached hydrogen (secondary N) is 2. The SMILES string of the molecule is COc1cc(C=CC(=O)OCC(=O)NN2C(=O)NC3(CCCCC3)C2=O)cc(OC)c1. The van der Waals surface area contributed by atoms with Crippen molar-refractivity contribution in [1.82, 2.24) is 15.8 Å². The predicted octanol–water partition coefficient (Wildman–Crippen LogP) is 1.55. The summed E-state index contributed by atoms with van der Waals surface area (Å²) in [5.74, 6) is -0.935. The number of carbonyl (C=O) groups is 4. The van der Waals surface area contributed by atoms with Crippen molar-refractivity contribution in [3.63, 3.8) is 0 Å². The molecule has 166 valence electrons. The van der Waals surface area contributed by atoms with Gasteiger partial charge in [0.25, 0.3) is 11.8 Å². The normalized spacial score (nSPS) is 17.5. The lowest BCUT2D eigenvalue weighted by Crippen LogP contribution is -2.51. The van der Waals surface area contributed by atoms with E-state index in [1.165, 1.54) is 20.3 Å². The standard InChI is InChI=1S/C21H25N3O7/c1-29-15-10-14(11-16(12-15)30-2)6-7-18(26)31-13-17(25)23-24-19(27)21(22-20(24)28)8-4-3-5-9-21/h6-7,10-12H,3-5,8-9,13H2,1-2H3,(H,22,28)(H,23,25). The van der Waals surface area contributed by atoms with Gasteiger partial charge in [-0.3, -0.25) is 15.0 Å². The van der Waals surface area contributed by atoms with E-state index in [9.17, 15) is 19.2 Å². The van der Waals surface area contributed by atoms with Gasteiger partial charge < -0.3 is 19.5 Å². The van der Waals surface area contributed by atoms with E-state index in [0.717, 1.165) is 25.3 Å². The van der Waals surface area contributed by atoms with Gasteiger partial charge in [0, 0.05) is 12.1 Å². The Balaban J connectivity index is 1.51. The van der Waals surface area contributed by atoms with Gasteiger partial charge in [-0.2, -0.15) is 5.01 Å². The van der Waals surface area contributed by atoms with Crippen LogP contribution in [0.4, 0.5) is 4.79 Å². The minimum atomic E-state index is -0.945. The molecule has 2 fully saturated rings. The van der Waals surface area contributed by atoms with Crippen molar-refractivity contribution in [3.8, 4) is 11.5 Å². The predicted molar refractivity (Wildman–Crippen MR) is 109 cm³/mol. The molecule has 1 heterocycles. The van der Waals surface area contributed by atoms with Crippen molar-refractivity contribution in [2.45, 2.75) is 37.6 Å². The number of carbonyl (C=O) groups excluding carboxylic acids is 4. The Morgan fingerprint density at radius 1 is 1.10 bits per heavy atom. The zero-order valence-corrected chi connectivity index (χ0v) is 17.4. The third-order valence-corrected chi connectivity index (χ3v) is 5.24. The van der Waals surface area contributed by atoms with Gasteiger partial charge in [0.1, 0.15) is 17.0 Å². The number of imide groups is 1. The highest BCUT2D eigenvalue weighted by atomic mass is 16.5. The van der Waals surface area contributed by atoms with E-state index < -0.39 is 36.0 Å². The number of nitrogens with zero attached hydrogens (tertiary/aromatic N) is 1. The Morgan fingerprint density at radius 3 is 2.35 bits per heavy atom. The second-order valence-electron chi connectivity index (χ2n) is 7.34. The first kappa shape index (κ1) is 22.1. The molecule has 1 aromatic rings. The number of urea groups is 1. The maximum atomic E-state index is 12.6. The molecular weight excluding hydrogens is 406 g/mol. The molecule has 0 bridgehead atoms. The van der Waals surface area contributed by atoms with E-state index in [0.29, 0.717) is 34.9 Å². The maximum absolute atomic E-state index is 12.6. The molecule has 10 heteroatoms. The number of methoxy groups -OCH3 is 2. The molecule has 2 aliphatic rings. The number of rotatable bonds is 7. The fourth-order valence-corrected chi connectivity index (χ4v) is 3.65. The molecule has 0 aromatic heterocycles. The van der Waals surface area contributed by atoms with E-state index in [1.54, 1.807) is 18.2 Å². The Kier molecular flexibility index (Phi) is 6.78. The van der Waals surface area contributed by atoms with Gasteiger partial charge in [-0.05, 0) is 36.6 Å². The number of esters is 1. The van der Waals surface area contributed by atoms with Gasteiger partial charge >= 0.3 is 12.0 Å². The van der Waals surface area contributed by atoms with E-state index in [-0.39, 0.29) is 0 Å². The largest absolute Gasteiger partial charge is 0.497 e. The highest BCUT2D eigenvalue weighted by Crippen LogP contribution is 2.33. The van der Waals surface area contributed by atoms with Crippen LogP contribution in [-0.4, -0.2) is 55.2 Å². The average Bonchev–Trinajstić information content (AvgIpc) is 3.00. The number of amides is 4. The third kappa shape index (κ3) is 5.14. The van der Waals surface area contributed by atoms with Crippen LogP contribution in [0.25, 0.3) is 6.08 Å². The van der Waals surface area contributed by atoms with Gasteiger partial charge in [0.15, 0.2) is 6.61 Å². The summed E-state index contributed by atoms with van der Waals surface area (Å²) in [5.41, 5.74) is 1.90. The Labute approximate surface area is 179 Å². The number of ether oxygens (including phenoxy) is 3. The first-order valence-electron chi connectivity index (χ1n) is 9.91. The highest BCUT2D eigenvalue weighted by molar-refractivity contribution is 6.08. The van der Waals surface area contributed by atoms with Crippen molar-refractivity contribution in [2.24, 2.45) is 0 Å². The summed E-state index contributed by atoms with van der Waals surface area (Å²) in [6, 6.07) is 4.39. The molecule has 0 atom stereocenters. The van der Waals surface area contributed by atoms with Crippen LogP contribution in [0.1, 0.15) is 37.7 Å². The molecule has 1 saturated heterocycles. The Hall–Kier alpha value is -3.56. The van der Waals surface area contributed by atoms with Crippen molar-refractivity contribution in [3.05, 3.63) is 29.8 Å². The fraction of sp³-hybridized carbons (Fsp3) is 0.429. The van der Waals surface area contributed by atoms with Gasteiger partial charge in [-0.1, -0.05) is 19.3 Å². The molecule has 1 spiro atoms. The molecule has 0 radical (unpaired) electrons. The average molecular weight is 431 g/mol. The summed E-state index contributed by atoms with van der Waals surface area (Å²) in [4.78, 5) is 48.8. The summed E-state index contributed by atoms with van der Waals surface area (Å²) < 4.78 is 15.2. The topological polar surface area (TPSA) is 123 Å². The van der Waals surface area contributed by atoms with Gasteiger partial charge in [0.2, 0.25) is 0 Å². The summed E-state index contributed by atoms with van der Waals surface area (Å²) in [7, 11) is 3.02. The van der Waals surface area contributed by atoms with Crippen molar-refractivity contribution >= 4 is 29.9 Å². The minimum absolute atomic E-state index is 0.483. The molecule has 3 rings (SSSR count). The number of hydrazine groups is 1. The number of hydrogen-bond acceptors (Lipinski definition) is 7. The highest BCUT2D eigenvalue weighted by Gasteiger charge is 2.52. The van der Waals surface area contributed by atoms with Crippen LogP contribution in [-0.2, 0) is 19.1 Å². The second-order valence-corrected chi connectivity index (χ2v) is 7.34. The molecule has 1 aliphatic heterocycles. The smallest absolute Gasteiger partial charge is 0.344 e. The lowest BCUT2D eigenvalue weighted by molar-refractivity contribution is -0.147. The van der Waals surface area contributed by atoms with E-state index in [2.05, 4.69) is 10.7 Å². The lowest BCUT2D eigenvalue weighted by Gasteiger charge is -2.30.